The van der Waals surface area contributed by atoms with Crippen LogP contribution < -0.4 is 0 Å². The summed E-state index contributed by atoms with van der Waals surface area (Å²) >= 11 is 3.51. The Kier molecular flexibility index (Phi) is 2.32. The molecule has 0 N–H and O–H groups in total. The van der Waals surface area contributed by atoms with E-state index in [9.17, 15) is 4.79 Å². The number of halogens is 1. The van der Waals surface area contributed by atoms with Crippen molar-refractivity contribution < 1.29 is 4.79 Å². The van der Waals surface area contributed by atoms with E-state index in [1.165, 1.54) is 11.1 Å². The van der Waals surface area contributed by atoms with Crippen molar-refractivity contribution in [2.24, 2.45) is 0 Å². The average Bonchev–Trinajstić information content (AvgIpc) is 2.19. The molecule has 1 atom stereocenters. The monoisotopic (exact) mass is 236 g/mol. The van der Waals surface area contributed by atoms with Crippen LogP contribution in [0.2, 0.25) is 0 Å². The fourth-order valence-corrected chi connectivity index (χ4v) is 2.33. The number of alkyl halides is 1. The van der Waals surface area contributed by atoms with Gasteiger partial charge in [0.05, 0.1) is 4.83 Å². The van der Waals surface area contributed by atoms with E-state index in [-0.39, 0.29) is 4.83 Å². The van der Waals surface area contributed by atoms with Gasteiger partial charge in [-0.2, -0.15) is 0 Å². The molecule has 1 aromatic rings. The SMILES string of the molecule is O=CC1=CCc2ccccc2C1Br. The Morgan fingerprint density at radius 3 is 2.92 bits per heavy atom. The van der Waals surface area contributed by atoms with Crippen LogP contribution in [0.1, 0.15) is 16.0 Å². The molecule has 0 saturated heterocycles. The fraction of sp³-hybridized carbons (Fsp3) is 0.182. The predicted octanol–water partition coefficient (Wildman–Crippen LogP) is 2.80. The molecule has 0 aromatic heterocycles. The van der Waals surface area contributed by atoms with E-state index >= 15 is 0 Å². The van der Waals surface area contributed by atoms with Crippen LogP contribution >= 0.6 is 15.9 Å². The van der Waals surface area contributed by atoms with Gasteiger partial charge in [-0.15, -0.1) is 0 Å². The van der Waals surface area contributed by atoms with Crippen molar-refractivity contribution in [3.8, 4) is 0 Å². The van der Waals surface area contributed by atoms with Gasteiger partial charge in [-0.05, 0) is 17.5 Å². The quantitative estimate of drug-likeness (QED) is 0.542. The van der Waals surface area contributed by atoms with Gasteiger partial charge in [0.2, 0.25) is 0 Å². The third kappa shape index (κ3) is 1.46. The highest BCUT2D eigenvalue weighted by Crippen LogP contribution is 2.35. The predicted molar refractivity (Wildman–Crippen MR) is 56.0 cm³/mol. The third-order valence-corrected chi connectivity index (χ3v) is 3.34. The summed E-state index contributed by atoms with van der Waals surface area (Å²) in [5.74, 6) is 0. The van der Waals surface area contributed by atoms with Crippen LogP contribution in [-0.2, 0) is 11.2 Å². The van der Waals surface area contributed by atoms with E-state index in [1.54, 1.807) is 0 Å². The van der Waals surface area contributed by atoms with Crippen LogP contribution in [0.5, 0.6) is 0 Å². The van der Waals surface area contributed by atoms with Crippen molar-refractivity contribution in [2.75, 3.05) is 0 Å². The molecule has 0 aliphatic heterocycles. The van der Waals surface area contributed by atoms with Gasteiger partial charge in [-0.25, -0.2) is 0 Å². The molecule has 1 aromatic carbocycles. The number of allylic oxidation sites excluding steroid dienone is 2. The Bertz CT molecular complexity index is 368. The number of hydrogen-bond acceptors (Lipinski definition) is 1. The van der Waals surface area contributed by atoms with E-state index in [2.05, 4.69) is 28.1 Å². The van der Waals surface area contributed by atoms with Gasteiger partial charge < -0.3 is 0 Å². The molecule has 0 amide bonds. The van der Waals surface area contributed by atoms with Gasteiger partial charge in [0.25, 0.3) is 0 Å². The number of fused-ring (bicyclic) bond motifs is 1. The molecule has 1 unspecified atom stereocenters. The van der Waals surface area contributed by atoms with Crippen molar-refractivity contribution in [2.45, 2.75) is 11.2 Å². The first-order chi connectivity index (χ1) is 6.33. The molecular formula is C11H9BrO. The largest absolute Gasteiger partial charge is 0.298 e. The second-order valence-electron chi connectivity index (χ2n) is 3.09. The summed E-state index contributed by atoms with van der Waals surface area (Å²) in [4.78, 5) is 10.8. The first kappa shape index (κ1) is 8.70. The standard InChI is InChI=1S/C11H9BrO/c12-11-9(7-13)6-5-8-3-1-2-4-10(8)11/h1-4,6-7,11H,5H2. The number of rotatable bonds is 1. The second kappa shape index (κ2) is 3.46. The molecule has 0 spiro atoms. The summed E-state index contributed by atoms with van der Waals surface area (Å²) in [6.07, 6.45) is 3.77. The van der Waals surface area contributed by atoms with Crippen LogP contribution in [0, 0.1) is 0 Å². The summed E-state index contributed by atoms with van der Waals surface area (Å²) in [5.41, 5.74) is 3.35. The van der Waals surface area contributed by atoms with Gasteiger partial charge in [-0.3, -0.25) is 4.79 Å². The number of carbonyl (C=O) groups is 1. The number of hydrogen-bond donors (Lipinski definition) is 0. The zero-order valence-corrected chi connectivity index (χ0v) is 8.62. The van der Waals surface area contributed by atoms with E-state index in [0.29, 0.717) is 0 Å². The minimum absolute atomic E-state index is 0.0787. The molecular weight excluding hydrogens is 228 g/mol. The van der Waals surface area contributed by atoms with Crippen LogP contribution in [-0.4, -0.2) is 6.29 Å². The molecule has 1 aliphatic rings. The van der Waals surface area contributed by atoms with E-state index < -0.39 is 0 Å². The minimum Gasteiger partial charge on any atom is -0.298 e. The van der Waals surface area contributed by atoms with Crippen molar-refractivity contribution in [1.82, 2.24) is 0 Å². The maximum atomic E-state index is 10.7. The molecule has 0 heterocycles. The summed E-state index contributed by atoms with van der Waals surface area (Å²) < 4.78 is 0. The Morgan fingerprint density at radius 1 is 1.38 bits per heavy atom. The molecule has 2 heteroatoms. The molecule has 0 bridgehead atoms. The summed E-state index contributed by atoms with van der Waals surface area (Å²) in [5, 5.41) is 0. The van der Waals surface area contributed by atoms with E-state index in [4.69, 9.17) is 0 Å². The highest BCUT2D eigenvalue weighted by Gasteiger charge is 2.19. The lowest BCUT2D eigenvalue weighted by Crippen LogP contribution is -2.06. The molecule has 66 valence electrons. The average molecular weight is 237 g/mol. The molecule has 0 radical (unpaired) electrons. The van der Waals surface area contributed by atoms with Crippen molar-refractivity contribution in [3.63, 3.8) is 0 Å². The summed E-state index contributed by atoms with van der Waals surface area (Å²) in [6.45, 7) is 0. The Balaban J connectivity index is 2.46. The molecule has 1 nitrogen and oxygen atoms in total. The van der Waals surface area contributed by atoms with Gasteiger partial charge in [0.15, 0.2) is 0 Å². The highest BCUT2D eigenvalue weighted by atomic mass is 79.9. The maximum Gasteiger partial charge on any atom is 0.147 e. The molecule has 1 aliphatic carbocycles. The molecule has 13 heavy (non-hydrogen) atoms. The third-order valence-electron chi connectivity index (χ3n) is 2.31. The highest BCUT2D eigenvalue weighted by molar-refractivity contribution is 9.09. The van der Waals surface area contributed by atoms with Gasteiger partial charge in [-0.1, -0.05) is 46.3 Å². The summed E-state index contributed by atoms with van der Waals surface area (Å²) in [6, 6.07) is 8.19. The van der Waals surface area contributed by atoms with Gasteiger partial charge in [0, 0.05) is 5.57 Å². The van der Waals surface area contributed by atoms with Crippen molar-refractivity contribution in [1.29, 1.82) is 0 Å². The van der Waals surface area contributed by atoms with Crippen molar-refractivity contribution >= 4 is 22.2 Å². The normalized spacial score (nSPS) is 20.4. The topological polar surface area (TPSA) is 17.1 Å². The smallest absolute Gasteiger partial charge is 0.147 e. The first-order valence-electron chi connectivity index (χ1n) is 4.20. The lowest BCUT2D eigenvalue weighted by molar-refractivity contribution is -0.105. The van der Waals surface area contributed by atoms with Gasteiger partial charge >= 0.3 is 0 Å². The van der Waals surface area contributed by atoms with E-state index in [0.717, 1.165) is 18.3 Å². The molecule has 2 rings (SSSR count). The van der Waals surface area contributed by atoms with Gasteiger partial charge in [0.1, 0.15) is 6.29 Å². The van der Waals surface area contributed by atoms with Crippen LogP contribution in [0.3, 0.4) is 0 Å². The zero-order chi connectivity index (χ0) is 9.26. The molecule has 0 saturated carbocycles. The molecule has 0 fully saturated rings. The maximum absolute atomic E-state index is 10.7. The number of carbonyl (C=O) groups excluding carboxylic acids is 1. The van der Waals surface area contributed by atoms with Crippen LogP contribution in [0.4, 0.5) is 0 Å². The zero-order valence-electron chi connectivity index (χ0n) is 7.03. The first-order valence-corrected chi connectivity index (χ1v) is 5.11. The number of aldehydes is 1. The summed E-state index contributed by atoms with van der Waals surface area (Å²) in [7, 11) is 0. The van der Waals surface area contributed by atoms with Crippen LogP contribution in [0.15, 0.2) is 35.9 Å². The number of benzene rings is 1. The van der Waals surface area contributed by atoms with E-state index in [1.807, 2.05) is 18.2 Å². The Labute approximate surface area is 85.6 Å². The van der Waals surface area contributed by atoms with Crippen LogP contribution in [0.25, 0.3) is 0 Å². The van der Waals surface area contributed by atoms with Crippen molar-refractivity contribution in [3.05, 3.63) is 47.0 Å². The Hall–Kier alpha value is -0.890. The fourth-order valence-electron chi connectivity index (χ4n) is 1.59. The minimum atomic E-state index is 0.0787. The lowest BCUT2D eigenvalue weighted by Gasteiger charge is -2.18. The second-order valence-corrected chi connectivity index (χ2v) is 4.00. The Morgan fingerprint density at radius 2 is 2.15 bits per heavy atom. The lowest BCUT2D eigenvalue weighted by atomic mass is 9.92.